The number of hydrogen-bond donors (Lipinski definition) is 1. The van der Waals surface area contributed by atoms with Gasteiger partial charge in [0.2, 0.25) is 0 Å². The second kappa shape index (κ2) is 12.9. The van der Waals surface area contributed by atoms with Crippen LogP contribution in [0.2, 0.25) is 0 Å². The zero-order valence-corrected chi connectivity index (χ0v) is 26.5. The summed E-state index contributed by atoms with van der Waals surface area (Å²) in [5.41, 5.74) is 22.8. The topological polar surface area (TPSA) is 56.7 Å². The molecular formula is C44H34N4. The second-order valence-corrected chi connectivity index (χ2v) is 12.1. The lowest BCUT2D eigenvalue weighted by molar-refractivity contribution is 0.766. The smallest absolute Gasteiger partial charge is 0.113 e. The molecule has 0 fully saturated rings. The highest BCUT2D eigenvalue weighted by molar-refractivity contribution is 5.85. The zero-order chi connectivity index (χ0) is 32.3. The molecule has 1 aromatic heterocycles. The molecule has 2 aliphatic rings. The predicted molar refractivity (Wildman–Crippen MR) is 198 cm³/mol. The summed E-state index contributed by atoms with van der Waals surface area (Å²) in [6.07, 6.45) is 2.10. The molecule has 0 amide bonds. The highest BCUT2D eigenvalue weighted by Crippen LogP contribution is 2.41. The van der Waals surface area contributed by atoms with Crippen LogP contribution in [0.15, 0.2) is 170 Å². The van der Waals surface area contributed by atoms with Crippen LogP contribution in [0.3, 0.4) is 0 Å². The fourth-order valence-electron chi connectivity index (χ4n) is 6.71. The minimum Gasteiger partial charge on any atom is -0.399 e. The van der Waals surface area contributed by atoms with Gasteiger partial charge in [-0.15, -0.1) is 10.2 Å². The Bertz CT molecular complexity index is 2280. The highest BCUT2D eigenvalue weighted by atomic mass is 15.5. The number of rotatable bonds is 2. The van der Waals surface area contributed by atoms with Gasteiger partial charge in [-0.3, -0.25) is 0 Å². The Balaban J connectivity index is 0.000000137. The van der Waals surface area contributed by atoms with Gasteiger partial charge in [-0.2, -0.15) is 4.80 Å². The van der Waals surface area contributed by atoms with Crippen molar-refractivity contribution in [3.05, 3.63) is 192 Å². The van der Waals surface area contributed by atoms with E-state index in [0.717, 1.165) is 35.2 Å². The van der Waals surface area contributed by atoms with Crippen LogP contribution in [0.1, 0.15) is 22.3 Å². The molecule has 1 heterocycles. The van der Waals surface area contributed by atoms with Crippen LogP contribution in [0.25, 0.3) is 50.1 Å². The second-order valence-electron chi connectivity index (χ2n) is 12.1. The van der Waals surface area contributed by atoms with E-state index in [1.807, 2.05) is 54.6 Å². The van der Waals surface area contributed by atoms with Gasteiger partial charge in [-0.05, 0) is 105 Å². The lowest BCUT2D eigenvalue weighted by atomic mass is 9.96. The molecule has 4 nitrogen and oxygen atoms in total. The number of aromatic nitrogens is 3. The van der Waals surface area contributed by atoms with Crippen LogP contribution >= 0.6 is 0 Å². The Morgan fingerprint density at radius 2 is 0.854 bits per heavy atom. The molecular weight excluding hydrogens is 585 g/mol. The van der Waals surface area contributed by atoms with Gasteiger partial charge in [0.05, 0.1) is 5.69 Å². The fraction of sp³-hybridized carbons (Fsp3) is 0.0455. The third-order valence-corrected chi connectivity index (χ3v) is 9.05. The van der Waals surface area contributed by atoms with Gasteiger partial charge in [0, 0.05) is 5.69 Å². The third-order valence-electron chi connectivity index (χ3n) is 9.05. The van der Waals surface area contributed by atoms with Crippen molar-refractivity contribution in [1.82, 2.24) is 15.0 Å². The molecule has 48 heavy (non-hydrogen) atoms. The van der Waals surface area contributed by atoms with Gasteiger partial charge in [0.15, 0.2) is 0 Å². The fourth-order valence-corrected chi connectivity index (χ4v) is 6.71. The Kier molecular flexibility index (Phi) is 7.81. The number of anilines is 1. The first kappa shape index (κ1) is 29.2. The third kappa shape index (κ3) is 5.76. The van der Waals surface area contributed by atoms with Gasteiger partial charge < -0.3 is 5.73 Å². The number of nitrogen functional groups attached to an aromatic ring is 1. The van der Waals surface area contributed by atoms with Crippen molar-refractivity contribution >= 4 is 16.7 Å². The van der Waals surface area contributed by atoms with Crippen LogP contribution in [0, 0.1) is 0 Å². The maximum Gasteiger partial charge on any atom is 0.113 e. The number of para-hydroxylation sites is 1. The predicted octanol–water partition coefficient (Wildman–Crippen LogP) is 10.2. The van der Waals surface area contributed by atoms with Gasteiger partial charge >= 0.3 is 0 Å². The summed E-state index contributed by atoms with van der Waals surface area (Å²) in [5.74, 6) is 0. The Labute approximate surface area is 280 Å². The largest absolute Gasteiger partial charge is 0.399 e. The van der Waals surface area contributed by atoms with Crippen LogP contribution < -0.4 is 5.73 Å². The number of fused-ring (bicyclic) bond motifs is 7. The molecule has 7 aromatic carbocycles. The van der Waals surface area contributed by atoms with E-state index in [9.17, 15) is 0 Å². The molecule has 0 radical (unpaired) electrons. The molecule has 2 N–H and O–H groups in total. The van der Waals surface area contributed by atoms with Crippen molar-refractivity contribution < 1.29 is 0 Å². The van der Waals surface area contributed by atoms with Crippen molar-refractivity contribution in [2.24, 2.45) is 0 Å². The van der Waals surface area contributed by atoms with E-state index in [4.69, 9.17) is 5.73 Å². The average Bonchev–Trinajstić information content (AvgIpc) is 3.86. The van der Waals surface area contributed by atoms with Crippen molar-refractivity contribution in [2.45, 2.75) is 12.8 Å². The first-order valence-electron chi connectivity index (χ1n) is 16.3. The molecule has 0 aliphatic heterocycles. The summed E-state index contributed by atoms with van der Waals surface area (Å²) in [6.45, 7) is 0. The van der Waals surface area contributed by atoms with E-state index in [2.05, 4.69) is 125 Å². The SMILES string of the molecule is Nc1ccccc1.c1ccc2c(c1)Cc1c(-c3ccc(-n4nc5ccccc5n4)cc3)cccc1-2.c1ccc2c(c1)Cc1ccccc1-2. The number of benzene rings is 7. The van der Waals surface area contributed by atoms with E-state index >= 15 is 0 Å². The molecule has 0 saturated carbocycles. The lowest BCUT2D eigenvalue weighted by Crippen LogP contribution is -1.98. The molecule has 0 unspecified atom stereocenters. The monoisotopic (exact) mass is 618 g/mol. The summed E-state index contributed by atoms with van der Waals surface area (Å²) < 4.78 is 0. The van der Waals surface area contributed by atoms with Gasteiger partial charge in [0.1, 0.15) is 11.0 Å². The minimum atomic E-state index is 0.822. The van der Waals surface area contributed by atoms with Gasteiger partial charge in [-0.25, -0.2) is 0 Å². The van der Waals surface area contributed by atoms with E-state index in [-0.39, 0.29) is 0 Å². The number of nitrogens with zero attached hydrogens (tertiary/aromatic N) is 3. The molecule has 4 heteroatoms. The molecule has 0 saturated heterocycles. The van der Waals surface area contributed by atoms with Crippen LogP contribution in [0.4, 0.5) is 5.69 Å². The van der Waals surface area contributed by atoms with Crippen LogP contribution in [-0.4, -0.2) is 15.0 Å². The highest BCUT2D eigenvalue weighted by Gasteiger charge is 2.21. The molecule has 230 valence electrons. The summed E-state index contributed by atoms with van der Waals surface area (Å²) in [4.78, 5) is 1.71. The normalized spacial score (nSPS) is 11.7. The maximum atomic E-state index is 5.36. The van der Waals surface area contributed by atoms with E-state index in [0.29, 0.717) is 0 Å². The standard InChI is InChI=1S/C25H17N3.C13H10.C6H7N/c1-2-7-21-18(6-1)16-23-20(8-5-9-22(21)23)17-12-14-19(15-13-17)28-26-24-10-3-4-11-25(24)27-28;1-3-7-12-10(5-1)9-11-6-2-4-8-13(11)12;7-6-4-2-1-3-5-6/h1-15H,16H2;1-8H,9H2;1-5H,7H2. The van der Waals surface area contributed by atoms with Gasteiger partial charge in [-0.1, -0.05) is 133 Å². The maximum absolute atomic E-state index is 5.36. The van der Waals surface area contributed by atoms with Crippen molar-refractivity contribution in [2.75, 3.05) is 5.73 Å². The lowest BCUT2D eigenvalue weighted by Gasteiger charge is -2.09. The van der Waals surface area contributed by atoms with Crippen molar-refractivity contribution in [3.8, 4) is 39.1 Å². The Morgan fingerprint density at radius 3 is 1.42 bits per heavy atom. The molecule has 2 aliphatic carbocycles. The Hall–Kier alpha value is -6.26. The van der Waals surface area contributed by atoms with E-state index in [1.54, 1.807) is 4.80 Å². The minimum absolute atomic E-state index is 0.822. The van der Waals surface area contributed by atoms with Crippen LogP contribution in [0.5, 0.6) is 0 Å². The first-order chi connectivity index (χ1) is 23.7. The van der Waals surface area contributed by atoms with E-state index in [1.165, 1.54) is 55.6 Å². The van der Waals surface area contributed by atoms with Crippen molar-refractivity contribution in [3.63, 3.8) is 0 Å². The number of nitrogens with two attached hydrogens (primary N) is 1. The zero-order valence-electron chi connectivity index (χ0n) is 26.5. The molecule has 10 rings (SSSR count). The van der Waals surface area contributed by atoms with Crippen LogP contribution in [-0.2, 0) is 12.8 Å². The first-order valence-corrected chi connectivity index (χ1v) is 16.3. The summed E-state index contributed by atoms with van der Waals surface area (Å²) in [7, 11) is 0. The molecule has 0 spiro atoms. The van der Waals surface area contributed by atoms with Gasteiger partial charge in [0.25, 0.3) is 0 Å². The number of hydrogen-bond acceptors (Lipinski definition) is 3. The molecule has 0 bridgehead atoms. The quantitative estimate of drug-likeness (QED) is 0.196. The summed E-state index contributed by atoms with van der Waals surface area (Å²) >= 11 is 0. The molecule has 8 aromatic rings. The molecule has 0 atom stereocenters. The summed E-state index contributed by atoms with van der Waals surface area (Å²) in [6, 6.07) is 58.6. The summed E-state index contributed by atoms with van der Waals surface area (Å²) in [5, 5.41) is 9.15. The Morgan fingerprint density at radius 1 is 0.396 bits per heavy atom. The van der Waals surface area contributed by atoms with E-state index < -0.39 is 0 Å². The average molecular weight is 619 g/mol. The van der Waals surface area contributed by atoms with Crippen molar-refractivity contribution in [1.29, 1.82) is 0 Å².